The molecule has 1 fully saturated rings. The molecule has 1 heterocycles. The summed E-state index contributed by atoms with van der Waals surface area (Å²) in [7, 11) is 0. The van der Waals surface area contributed by atoms with Crippen molar-refractivity contribution in [1.29, 1.82) is 0 Å². The molecule has 1 unspecified atom stereocenters. The lowest BCUT2D eigenvalue weighted by Crippen LogP contribution is -2.16. The molecule has 28 heavy (non-hydrogen) atoms. The Morgan fingerprint density at radius 3 is 2.32 bits per heavy atom. The highest BCUT2D eigenvalue weighted by Crippen LogP contribution is 2.21. The molecule has 0 bridgehead atoms. The zero-order chi connectivity index (χ0) is 19.2. The van der Waals surface area contributed by atoms with Crippen molar-refractivity contribution in [3.63, 3.8) is 0 Å². The topological polar surface area (TPSA) is 47.6 Å². The zero-order valence-electron chi connectivity index (χ0n) is 15.6. The number of hydrogen-bond donors (Lipinski definition) is 1. The van der Waals surface area contributed by atoms with Crippen LogP contribution < -0.4 is 10.1 Å². The number of rotatable bonds is 6. The molecule has 1 N–H and O–H groups in total. The number of hydrogen-bond acceptors (Lipinski definition) is 3. The predicted molar refractivity (Wildman–Crippen MR) is 111 cm³/mol. The van der Waals surface area contributed by atoms with E-state index in [4.69, 9.17) is 9.47 Å². The molecule has 1 saturated heterocycles. The Morgan fingerprint density at radius 1 is 0.929 bits per heavy atom. The van der Waals surface area contributed by atoms with Gasteiger partial charge in [0.15, 0.2) is 0 Å². The van der Waals surface area contributed by atoms with Gasteiger partial charge in [-0.15, -0.1) is 0 Å². The van der Waals surface area contributed by atoms with Crippen LogP contribution in [-0.2, 0) is 4.74 Å². The number of ether oxygens (including phenoxy) is 2. The van der Waals surface area contributed by atoms with Gasteiger partial charge in [-0.2, -0.15) is 0 Å². The highest BCUT2D eigenvalue weighted by atomic mass is 16.5. The van der Waals surface area contributed by atoms with E-state index >= 15 is 0 Å². The van der Waals surface area contributed by atoms with Crippen LogP contribution in [0.1, 0.15) is 23.2 Å². The van der Waals surface area contributed by atoms with E-state index in [-0.39, 0.29) is 12.0 Å². The average molecular weight is 373 g/mol. The van der Waals surface area contributed by atoms with Gasteiger partial charge in [0.25, 0.3) is 5.91 Å². The SMILES string of the molecule is O=C(Nc1ccc(OCC2CCCO2)cc1)c1ccc(-c2ccccc2)cc1. The predicted octanol–water partition coefficient (Wildman–Crippen LogP) is 5.16. The second kappa shape index (κ2) is 8.72. The second-order valence-electron chi connectivity index (χ2n) is 6.87. The molecule has 1 atom stereocenters. The Bertz CT molecular complexity index is 899. The number of nitrogens with one attached hydrogen (secondary N) is 1. The fourth-order valence-corrected chi connectivity index (χ4v) is 3.25. The van der Waals surface area contributed by atoms with Gasteiger partial charge in [0.1, 0.15) is 12.4 Å². The molecule has 0 aromatic heterocycles. The van der Waals surface area contributed by atoms with E-state index < -0.39 is 0 Å². The third-order valence-corrected chi connectivity index (χ3v) is 4.83. The third kappa shape index (κ3) is 4.59. The first kappa shape index (κ1) is 18.3. The minimum absolute atomic E-state index is 0.132. The number of benzene rings is 3. The summed E-state index contributed by atoms with van der Waals surface area (Å²) in [6, 6.07) is 25.1. The van der Waals surface area contributed by atoms with Crippen LogP contribution in [0.5, 0.6) is 5.75 Å². The molecule has 4 rings (SSSR count). The first-order valence-electron chi connectivity index (χ1n) is 9.59. The van der Waals surface area contributed by atoms with Crippen molar-refractivity contribution >= 4 is 11.6 Å². The standard InChI is InChI=1S/C24H23NO3/c26-24(20-10-8-19(9-11-20)18-5-2-1-3-6-18)25-21-12-14-22(15-13-21)28-17-23-7-4-16-27-23/h1-3,5-6,8-15,23H,4,7,16-17H2,(H,25,26). The summed E-state index contributed by atoms with van der Waals surface area (Å²) in [6.45, 7) is 1.39. The molecule has 0 spiro atoms. The summed E-state index contributed by atoms with van der Waals surface area (Å²) in [5.41, 5.74) is 3.58. The lowest BCUT2D eigenvalue weighted by atomic mass is 10.0. The summed E-state index contributed by atoms with van der Waals surface area (Å²) >= 11 is 0. The smallest absolute Gasteiger partial charge is 0.255 e. The normalized spacial score (nSPS) is 15.9. The molecule has 1 amide bonds. The van der Waals surface area contributed by atoms with Gasteiger partial charge in [-0.1, -0.05) is 42.5 Å². The third-order valence-electron chi connectivity index (χ3n) is 4.83. The van der Waals surface area contributed by atoms with Crippen molar-refractivity contribution in [1.82, 2.24) is 0 Å². The van der Waals surface area contributed by atoms with Crippen molar-refractivity contribution in [3.05, 3.63) is 84.4 Å². The Kier molecular flexibility index (Phi) is 5.69. The van der Waals surface area contributed by atoms with Gasteiger partial charge < -0.3 is 14.8 Å². The Labute approximate surface area is 165 Å². The number of carbonyl (C=O) groups excluding carboxylic acids is 1. The Balaban J connectivity index is 1.34. The van der Waals surface area contributed by atoms with E-state index in [2.05, 4.69) is 17.4 Å². The lowest BCUT2D eigenvalue weighted by molar-refractivity contribution is 0.0679. The molecular formula is C24H23NO3. The molecule has 3 aromatic carbocycles. The van der Waals surface area contributed by atoms with Crippen molar-refractivity contribution in [2.75, 3.05) is 18.5 Å². The van der Waals surface area contributed by atoms with Crippen LogP contribution >= 0.6 is 0 Å². The Hall–Kier alpha value is -3.11. The summed E-state index contributed by atoms with van der Waals surface area (Å²) in [4.78, 5) is 12.5. The van der Waals surface area contributed by atoms with Crippen LogP contribution in [-0.4, -0.2) is 25.2 Å². The van der Waals surface area contributed by atoms with Crippen LogP contribution in [0, 0.1) is 0 Å². The molecule has 0 aliphatic carbocycles. The van der Waals surface area contributed by atoms with Gasteiger partial charge in [-0.3, -0.25) is 4.79 Å². The maximum absolute atomic E-state index is 12.5. The number of carbonyl (C=O) groups is 1. The summed E-state index contributed by atoms with van der Waals surface area (Å²) in [5.74, 6) is 0.647. The maximum Gasteiger partial charge on any atom is 0.255 e. The second-order valence-corrected chi connectivity index (χ2v) is 6.87. The van der Waals surface area contributed by atoms with Crippen molar-refractivity contribution in [2.45, 2.75) is 18.9 Å². The molecule has 0 saturated carbocycles. The van der Waals surface area contributed by atoms with E-state index in [1.54, 1.807) is 0 Å². The molecule has 4 nitrogen and oxygen atoms in total. The van der Waals surface area contributed by atoms with Gasteiger partial charge in [0.2, 0.25) is 0 Å². The van der Waals surface area contributed by atoms with Gasteiger partial charge in [0, 0.05) is 17.9 Å². The molecule has 3 aromatic rings. The van der Waals surface area contributed by atoms with Crippen molar-refractivity contribution in [3.8, 4) is 16.9 Å². The number of anilines is 1. The van der Waals surface area contributed by atoms with E-state index in [1.807, 2.05) is 66.7 Å². The first-order chi connectivity index (χ1) is 13.8. The zero-order valence-corrected chi connectivity index (χ0v) is 15.6. The summed E-state index contributed by atoms with van der Waals surface area (Å²) in [5, 5.41) is 2.92. The highest BCUT2D eigenvalue weighted by molar-refractivity contribution is 6.04. The largest absolute Gasteiger partial charge is 0.491 e. The van der Waals surface area contributed by atoms with Crippen LogP contribution in [0.25, 0.3) is 11.1 Å². The molecular weight excluding hydrogens is 350 g/mol. The van der Waals surface area contributed by atoms with Crippen molar-refractivity contribution in [2.24, 2.45) is 0 Å². The summed E-state index contributed by atoms with van der Waals surface area (Å²) in [6.07, 6.45) is 2.35. The molecule has 4 heteroatoms. The fraction of sp³-hybridized carbons (Fsp3) is 0.208. The van der Waals surface area contributed by atoms with Gasteiger partial charge >= 0.3 is 0 Å². The van der Waals surface area contributed by atoms with Crippen LogP contribution in [0.3, 0.4) is 0 Å². The molecule has 0 radical (unpaired) electrons. The maximum atomic E-state index is 12.5. The molecule has 142 valence electrons. The quantitative estimate of drug-likeness (QED) is 0.649. The minimum Gasteiger partial charge on any atom is -0.491 e. The average Bonchev–Trinajstić information content (AvgIpc) is 3.28. The monoisotopic (exact) mass is 373 g/mol. The van der Waals surface area contributed by atoms with Gasteiger partial charge in [-0.05, 0) is 60.4 Å². The van der Waals surface area contributed by atoms with E-state index in [0.29, 0.717) is 12.2 Å². The molecule has 1 aliphatic heterocycles. The lowest BCUT2D eigenvalue weighted by Gasteiger charge is -2.12. The first-order valence-corrected chi connectivity index (χ1v) is 9.59. The summed E-state index contributed by atoms with van der Waals surface area (Å²) < 4.78 is 11.3. The van der Waals surface area contributed by atoms with E-state index in [1.165, 1.54) is 0 Å². The Morgan fingerprint density at radius 2 is 1.64 bits per heavy atom. The van der Waals surface area contributed by atoms with Gasteiger partial charge in [0.05, 0.1) is 6.10 Å². The van der Waals surface area contributed by atoms with Crippen LogP contribution in [0.4, 0.5) is 5.69 Å². The molecule has 1 aliphatic rings. The van der Waals surface area contributed by atoms with Crippen molar-refractivity contribution < 1.29 is 14.3 Å². The fourth-order valence-electron chi connectivity index (χ4n) is 3.25. The van der Waals surface area contributed by atoms with Crippen LogP contribution in [0.2, 0.25) is 0 Å². The minimum atomic E-state index is -0.132. The highest BCUT2D eigenvalue weighted by Gasteiger charge is 2.16. The van der Waals surface area contributed by atoms with E-state index in [9.17, 15) is 4.79 Å². The van der Waals surface area contributed by atoms with E-state index in [0.717, 1.165) is 42.0 Å². The van der Waals surface area contributed by atoms with Gasteiger partial charge in [-0.25, -0.2) is 0 Å². The van der Waals surface area contributed by atoms with Crippen LogP contribution in [0.15, 0.2) is 78.9 Å². The number of amides is 1.